The van der Waals surface area contributed by atoms with E-state index in [-0.39, 0.29) is 0 Å². The minimum absolute atomic E-state index is 0.854. The second kappa shape index (κ2) is 10.1. The zero-order chi connectivity index (χ0) is 12.3. The molecule has 0 aliphatic heterocycles. The molecule has 0 spiro atoms. The van der Waals surface area contributed by atoms with Crippen molar-refractivity contribution in [1.82, 2.24) is 0 Å². The second-order valence-electron chi connectivity index (χ2n) is 2.95. The molecule has 0 unspecified atom stereocenters. The lowest BCUT2D eigenvalue weighted by atomic mass is 10.2. The summed E-state index contributed by atoms with van der Waals surface area (Å²) >= 11 is 3.36. The van der Waals surface area contributed by atoms with Crippen molar-refractivity contribution in [2.24, 2.45) is 0 Å². The SMILES string of the molecule is BrCc1ccccc1.CC.CC(C)(F)F. The minimum Gasteiger partial charge on any atom is -0.208 e. The van der Waals surface area contributed by atoms with Crippen molar-refractivity contribution in [1.29, 1.82) is 0 Å². The highest BCUT2D eigenvalue weighted by molar-refractivity contribution is 9.08. The summed E-state index contributed by atoms with van der Waals surface area (Å²) in [5.41, 5.74) is 1.33. The molecule has 0 aromatic heterocycles. The van der Waals surface area contributed by atoms with E-state index in [2.05, 4.69) is 28.1 Å². The second-order valence-corrected chi connectivity index (χ2v) is 3.51. The molecule has 0 bridgehead atoms. The molecule has 0 nitrogen and oxygen atoms in total. The molecule has 0 saturated heterocycles. The molecule has 3 heteroatoms. The van der Waals surface area contributed by atoms with Gasteiger partial charge >= 0.3 is 0 Å². The zero-order valence-corrected chi connectivity index (χ0v) is 11.3. The zero-order valence-electron chi connectivity index (χ0n) is 9.73. The van der Waals surface area contributed by atoms with Crippen molar-refractivity contribution in [3.63, 3.8) is 0 Å². The molecule has 1 rings (SSSR count). The summed E-state index contributed by atoms with van der Waals surface area (Å²) in [5.74, 6) is -2.50. The Balaban J connectivity index is 0. The predicted molar refractivity (Wildman–Crippen MR) is 66.7 cm³/mol. The van der Waals surface area contributed by atoms with Crippen LogP contribution in [0.5, 0.6) is 0 Å². The van der Waals surface area contributed by atoms with Crippen LogP contribution in [0.15, 0.2) is 30.3 Å². The van der Waals surface area contributed by atoms with Crippen molar-refractivity contribution in [2.75, 3.05) is 0 Å². The molecule has 0 fully saturated rings. The highest BCUT2D eigenvalue weighted by Crippen LogP contribution is 2.06. The van der Waals surface area contributed by atoms with Gasteiger partial charge in [-0.2, -0.15) is 0 Å². The lowest BCUT2D eigenvalue weighted by molar-refractivity contribution is 0.0437. The summed E-state index contributed by atoms with van der Waals surface area (Å²) in [4.78, 5) is 0. The summed E-state index contributed by atoms with van der Waals surface area (Å²) in [6, 6.07) is 10.3. The largest absolute Gasteiger partial charge is 0.242 e. The molecule has 0 aliphatic rings. The maximum Gasteiger partial charge on any atom is 0.242 e. The molecule has 1 aromatic rings. The summed E-state index contributed by atoms with van der Waals surface area (Å²) in [6.45, 7) is 5.71. The topological polar surface area (TPSA) is 0 Å². The number of hydrogen-bond donors (Lipinski definition) is 0. The fraction of sp³-hybridized carbons (Fsp3) is 0.500. The fourth-order valence-corrected chi connectivity index (χ4v) is 0.941. The van der Waals surface area contributed by atoms with Gasteiger partial charge in [-0.3, -0.25) is 0 Å². The standard InChI is InChI=1S/C7H7Br.C3H6F2.C2H6/c8-6-7-4-2-1-3-5-7;1-3(2,4)5;1-2/h1-5H,6H2;1-2H3;1-2H3. The molecular formula is C12H19BrF2. The van der Waals surface area contributed by atoms with Crippen LogP contribution < -0.4 is 0 Å². The van der Waals surface area contributed by atoms with E-state index in [4.69, 9.17) is 0 Å². The lowest BCUT2D eigenvalue weighted by Gasteiger charge is -1.94. The molecule has 1 aromatic carbocycles. The smallest absolute Gasteiger partial charge is 0.208 e. The molecule has 0 radical (unpaired) electrons. The molecule has 15 heavy (non-hydrogen) atoms. The van der Waals surface area contributed by atoms with E-state index in [1.807, 2.05) is 32.0 Å². The molecule has 0 atom stereocenters. The summed E-state index contributed by atoms with van der Waals surface area (Å²) < 4.78 is 22.0. The van der Waals surface area contributed by atoms with Crippen molar-refractivity contribution in [2.45, 2.75) is 38.9 Å². The van der Waals surface area contributed by atoms with Gasteiger partial charge in [-0.1, -0.05) is 60.1 Å². The Morgan fingerprint density at radius 3 is 1.60 bits per heavy atom. The summed E-state index contributed by atoms with van der Waals surface area (Å²) in [6.07, 6.45) is 0. The van der Waals surface area contributed by atoms with Crippen molar-refractivity contribution >= 4 is 15.9 Å². The highest BCUT2D eigenvalue weighted by atomic mass is 79.9. The van der Waals surface area contributed by atoms with E-state index in [0.717, 1.165) is 19.2 Å². The van der Waals surface area contributed by atoms with Crippen LogP contribution >= 0.6 is 15.9 Å². The Bertz CT molecular complexity index is 211. The average molecular weight is 281 g/mol. The van der Waals surface area contributed by atoms with Gasteiger partial charge in [-0.05, 0) is 19.4 Å². The Hall–Kier alpha value is -0.440. The number of rotatable bonds is 1. The number of halogens is 3. The Morgan fingerprint density at radius 1 is 1.07 bits per heavy atom. The van der Waals surface area contributed by atoms with Crippen LogP contribution in [0.3, 0.4) is 0 Å². The van der Waals surface area contributed by atoms with Crippen molar-refractivity contribution in [3.8, 4) is 0 Å². The van der Waals surface area contributed by atoms with E-state index in [1.165, 1.54) is 5.56 Å². The fourth-order valence-electron chi connectivity index (χ4n) is 0.567. The third-order valence-corrected chi connectivity index (χ3v) is 1.64. The first-order chi connectivity index (χ1) is 6.93. The van der Waals surface area contributed by atoms with Crippen molar-refractivity contribution in [3.05, 3.63) is 35.9 Å². The van der Waals surface area contributed by atoms with Crippen LogP contribution in [-0.4, -0.2) is 5.92 Å². The highest BCUT2D eigenvalue weighted by Gasteiger charge is 2.08. The molecule has 0 heterocycles. The number of benzene rings is 1. The third-order valence-electron chi connectivity index (χ3n) is 0.997. The van der Waals surface area contributed by atoms with Gasteiger partial charge in [0, 0.05) is 5.33 Å². The lowest BCUT2D eigenvalue weighted by Crippen LogP contribution is -1.98. The van der Waals surface area contributed by atoms with Gasteiger partial charge in [0.05, 0.1) is 0 Å². The quantitative estimate of drug-likeness (QED) is 0.615. The maximum absolute atomic E-state index is 11.0. The normalized spacial score (nSPS) is 9.27. The van der Waals surface area contributed by atoms with Crippen LogP contribution in [0.4, 0.5) is 8.78 Å². The van der Waals surface area contributed by atoms with Crippen LogP contribution in [-0.2, 0) is 5.33 Å². The van der Waals surface area contributed by atoms with Gasteiger partial charge in [-0.25, -0.2) is 8.78 Å². The Morgan fingerprint density at radius 2 is 1.40 bits per heavy atom. The number of alkyl halides is 3. The predicted octanol–water partition coefficient (Wildman–Crippen LogP) is 5.27. The molecule has 0 N–H and O–H groups in total. The van der Waals surface area contributed by atoms with Gasteiger partial charge in [0.2, 0.25) is 5.92 Å². The average Bonchev–Trinajstić information content (AvgIpc) is 2.20. The molecular weight excluding hydrogens is 262 g/mol. The van der Waals surface area contributed by atoms with Gasteiger partial charge < -0.3 is 0 Å². The summed E-state index contributed by atoms with van der Waals surface area (Å²) in [5, 5.41) is 0.952. The first kappa shape index (κ1) is 17.0. The van der Waals surface area contributed by atoms with Crippen LogP contribution in [0.1, 0.15) is 33.3 Å². The van der Waals surface area contributed by atoms with E-state index < -0.39 is 5.92 Å². The molecule has 0 aliphatic carbocycles. The minimum atomic E-state index is -2.50. The van der Waals surface area contributed by atoms with Gasteiger partial charge in [0.1, 0.15) is 0 Å². The van der Waals surface area contributed by atoms with E-state index in [9.17, 15) is 8.78 Å². The molecule has 88 valence electrons. The first-order valence-electron chi connectivity index (χ1n) is 4.91. The van der Waals surface area contributed by atoms with Crippen LogP contribution in [0, 0.1) is 0 Å². The van der Waals surface area contributed by atoms with E-state index in [0.29, 0.717) is 0 Å². The van der Waals surface area contributed by atoms with Gasteiger partial charge in [-0.15, -0.1) is 0 Å². The Kier molecular flexibility index (Phi) is 11.4. The monoisotopic (exact) mass is 280 g/mol. The molecule has 0 amide bonds. The first-order valence-corrected chi connectivity index (χ1v) is 6.03. The van der Waals surface area contributed by atoms with Gasteiger partial charge in [0.25, 0.3) is 0 Å². The Labute approximate surface area is 99.8 Å². The van der Waals surface area contributed by atoms with Gasteiger partial charge in [0.15, 0.2) is 0 Å². The van der Waals surface area contributed by atoms with E-state index >= 15 is 0 Å². The molecule has 0 saturated carbocycles. The van der Waals surface area contributed by atoms with Crippen LogP contribution in [0.2, 0.25) is 0 Å². The third kappa shape index (κ3) is 19.8. The summed E-state index contributed by atoms with van der Waals surface area (Å²) in [7, 11) is 0. The maximum atomic E-state index is 11.0. The van der Waals surface area contributed by atoms with Crippen LogP contribution in [0.25, 0.3) is 0 Å². The number of hydrogen-bond acceptors (Lipinski definition) is 0. The van der Waals surface area contributed by atoms with E-state index in [1.54, 1.807) is 0 Å². The van der Waals surface area contributed by atoms with Crippen molar-refractivity contribution < 1.29 is 8.78 Å².